The number of hydrogen-bond donors (Lipinski definition) is 4. The number of anilines is 2. The molecule has 2 aliphatic rings. The number of nitrogens with one attached hydrogen (secondary N) is 4. The van der Waals surface area contributed by atoms with Crippen LogP contribution in [0.4, 0.5) is 20.2 Å². The van der Waals surface area contributed by atoms with Crippen molar-refractivity contribution in [2.24, 2.45) is 0 Å². The van der Waals surface area contributed by atoms with E-state index in [-0.39, 0.29) is 28.4 Å². The highest BCUT2D eigenvalue weighted by Gasteiger charge is 2.33. The molecule has 41 heavy (non-hydrogen) atoms. The average Bonchev–Trinajstić information content (AvgIpc) is 3.71. The van der Waals surface area contributed by atoms with E-state index in [1.54, 1.807) is 18.3 Å². The Morgan fingerprint density at radius 2 is 2.00 bits per heavy atom. The second kappa shape index (κ2) is 11.2. The Labute approximate surface area is 242 Å². The van der Waals surface area contributed by atoms with Gasteiger partial charge in [-0.05, 0) is 49.1 Å². The van der Waals surface area contributed by atoms with E-state index in [1.165, 1.54) is 12.3 Å². The van der Waals surface area contributed by atoms with Crippen molar-refractivity contribution in [2.45, 2.75) is 44.3 Å². The third-order valence-electron chi connectivity index (χ3n) is 7.12. The number of fused-ring (bicyclic) bond motifs is 1. The molecular weight excluding hydrogens is 546 g/mol. The molecule has 2 aromatic heterocycles. The summed E-state index contributed by atoms with van der Waals surface area (Å²) in [5, 5.41) is 19.2. The van der Waals surface area contributed by atoms with Crippen LogP contribution in [0.1, 0.15) is 56.3 Å². The zero-order valence-corrected chi connectivity index (χ0v) is 22.8. The molecule has 4 N–H and O–H groups in total. The highest BCUT2D eigenvalue weighted by molar-refractivity contribution is 6.35. The van der Waals surface area contributed by atoms with E-state index in [4.69, 9.17) is 11.6 Å². The van der Waals surface area contributed by atoms with Crippen LogP contribution in [0.5, 0.6) is 0 Å². The minimum Gasteiger partial charge on any atom is -0.377 e. The number of nitrogens with zero attached hydrogens (tertiary/aromatic N) is 4. The Hall–Kier alpha value is -4.46. The Bertz CT molecular complexity index is 1730. The first-order chi connectivity index (χ1) is 20.3. The molecule has 1 aliphatic carbocycles. The Kier molecular flexibility index (Phi) is 6.96. The van der Waals surface area contributed by atoms with Gasteiger partial charge in [-0.15, -0.1) is 5.53 Å². The fourth-order valence-corrected chi connectivity index (χ4v) is 5.15. The number of halogens is 3. The Morgan fingerprint density at radius 1 is 1.20 bits per heavy atom. The van der Waals surface area contributed by atoms with Crippen LogP contribution in [-0.2, 0) is 0 Å². The maximum Gasteiger partial charge on any atom is 0.221 e. The minimum atomic E-state index is -1.97. The lowest BCUT2D eigenvalue weighted by molar-refractivity contribution is 0.260. The summed E-state index contributed by atoms with van der Waals surface area (Å²) in [5.74, 6) is -2.12. The van der Waals surface area contributed by atoms with Gasteiger partial charge in [-0.25, -0.2) is 0 Å². The van der Waals surface area contributed by atoms with Gasteiger partial charge in [0.25, 0.3) is 0 Å². The van der Waals surface area contributed by atoms with E-state index in [9.17, 15) is 11.0 Å². The fraction of sp³-hybridized carbons (Fsp3) is 0.233. The lowest BCUT2D eigenvalue weighted by Gasteiger charge is -2.23. The lowest BCUT2D eigenvalue weighted by Crippen LogP contribution is -2.38. The number of rotatable bonds is 9. The van der Waals surface area contributed by atoms with Gasteiger partial charge < -0.3 is 16.1 Å². The highest BCUT2D eigenvalue weighted by Crippen LogP contribution is 2.38. The van der Waals surface area contributed by atoms with Gasteiger partial charge in [0.05, 0.1) is 40.9 Å². The second-order valence-electron chi connectivity index (χ2n) is 9.92. The zero-order valence-electron chi connectivity index (χ0n) is 23.0. The van der Waals surface area contributed by atoms with Gasteiger partial charge >= 0.3 is 0 Å². The molecule has 2 atom stereocenters. The summed E-state index contributed by atoms with van der Waals surface area (Å²) in [4.78, 5) is 7.76. The summed E-state index contributed by atoms with van der Waals surface area (Å²) in [7, 11) is 0. The predicted molar refractivity (Wildman–Crippen MR) is 154 cm³/mol. The molecule has 0 bridgehead atoms. The molecule has 8 nitrogen and oxygen atoms in total. The smallest absolute Gasteiger partial charge is 0.221 e. The topological polar surface area (TPSA) is 101 Å². The third kappa shape index (κ3) is 5.46. The van der Waals surface area contributed by atoms with Crippen LogP contribution in [0.15, 0.2) is 72.7 Å². The number of benzene rings is 2. The molecule has 0 amide bonds. The monoisotopic (exact) mass is 573 g/mol. The largest absolute Gasteiger partial charge is 0.377 e. The van der Waals surface area contributed by atoms with Crippen LogP contribution in [0.3, 0.4) is 0 Å². The van der Waals surface area contributed by atoms with Gasteiger partial charge in [0.15, 0.2) is 0 Å². The van der Waals surface area contributed by atoms with Crippen molar-refractivity contribution in [1.82, 2.24) is 25.9 Å². The molecule has 1 fully saturated rings. The summed E-state index contributed by atoms with van der Waals surface area (Å²) in [5.41, 5.74) is 8.75. The minimum absolute atomic E-state index is 0.110. The first-order valence-electron chi connectivity index (χ1n) is 13.8. The van der Waals surface area contributed by atoms with Crippen molar-refractivity contribution in [3.8, 4) is 6.07 Å². The van der Waals surface area contributed by atoms with E-state index < -0.39 is 17.9 Å². The van der Waals surface area contributed by atoms with E-state index in [1.807, 2.05) is 42.3 Å². The van der Waals surface area contributed by atoms with Gasteiger partial charge in [0.2, 0.25) is 11.9 Å². The highest BCUT2D eigenvalue weighted by atomic mass is 35.5. The van der Waals surface area contributed by atoms with Crippen LogP contribution in [0.2, 0.25) is 5.02 Å². The number of pyridine rings is 2. The van der Waals surface area contributed by atoms with Gasteiger partial charge in [-0.2, -0.15) is 19.0 Å². The molecule has 0 saturated heterocycles. The molecule has 0 unspecified atom stereocenters. The number of aromatic nitrogens is 2. The van der Waals surface area contributed by atoms with Gasteiger partial charge in [0, 0.05) is 35.1 Å². The Morgan fingerprint density at radius 3 is 2.71 bits per heavy atom. The maximum atomic E-state index is 15.1. The van der Waals surface area contributed by atoms with E-state index in [0.29, 0.717) is 27.8 Å². The van der Waals surface area contributed by atoms with E-state index >= 15 is 4.39 Å². The predicted octanol–water partition coefficient (Wildman–Crippen LogP) is 6.48. The van der Waals surface area contributed by atoms with Gasteiger partial charge in [-0.1, -0.05) is 48.9 Å². The SMILES string of the molecule is [2H][C@@](Nc1cc(Cl)c2ncc(C#N)c(N[C@H](CC)c3ccccc3)c2c1)(C1=CN(C2CC2)NN1)c1ccc(F)nc1F. The molecule has 2 aromatic carbocycles. The van der Waals surface area contributed by atoms with Crippen LogP contribution in [0, 0.1) is 23.2 Å². The quantitative estimate of drug-likeness (QED) is 0.169. The summed E-state index contributed by atoms with van der Waals surface area (Å²) in [6, 6.07) is 15.8. The summed E-state index contributed by atoms with van der Waals surface area (Å²) >= 11 is 6.72. The van der Waals surface area contributed by atoms with Gasteiger partial charge in [0.1, 0.15) is 6.07 Å². The van der Waals surface area contributed by atoms with Crippen LogP contribution < -0.4 is 21.6 Å². The van der Waals surface area contributed by atoms with Gasteiger partial charge in [-0.3, -0.25) is 9.99 Å². The average molecular weight is 574 g/mol. The molecule has 6 rings (SSSR count). The molecule has 208 valence electrons. The number of nitriles is 1. The van der Waals surface area contributed by atoms with Crippen molar-refractivity contribution in [2.75, 3.05) is 10.6 Å². The summed E-state index contributed by atoms with van der Waals surface area (Å²) < 4.78 is 38.4. The van der Waals surface area contributed by atoms with Crippen molar-refractivity contribution in [3.63, 3.8) is 0 Å². The number of hydrogen-bond acceptors (Lipinski definition) is 8. The second-order valence-corrected chi connectivity index (χ2v) is 10.3. The van der Waals surface area contributed by atoms with E-state index in [0.717, 1.165) is 30.9 Å². The summed E-state index contributed by atoms with van der Waals surface area (Å²) in [6.45, 7) is 2.04. The zero-order chi connectivity index (χ0) is 29.4. The normalized spacial score (nSPS) is 17.2. The molecule has 3 heterocycles. The first kappa shape index (κ1) is 25.5. The fourth-order valence-electron chi connectivity index (χ4n) is 4.88. The molecule has 11 heteroatoms. The van der Waals surface area contributed by atoms with Crippen molar-refractivity contribution >= 4 is 33.9 Å². The van der Waals surface area contributed by atoms with Crippen molar-refractivity contribution in [3.05, 3.63) is 106 Å². The molecular formula is C30H27ClF2N8. The van der Waals surface area contributed by atoms with E-state index in [2.05, 4.69) is 37.6 Å². The standard InChI is InChI=1S/C30H27ClF2N8/c1-2-24(17-6-4-3-5-7-17)37-27-18(14-34)15-35-28-22(27)12-19(13-23(28)31)36-29(21-10-11-26(32)38-30(21)33)25-16-41(40-39-25)20-8-9-20/h3-7,10-13,15-16,20,24,29,36,39-40H,2,8-9H2,1H3,(H,35,37)/t24-,29+/m1/s1/i29D. The molecule has 1 aliphatic heterocycles. The Balaban J connectivity index is 1.46. The first-order valence-corrected chi connectivity index (χ1v) is 13.7. The third-order valence-corrected chi connectivity index (χ3v) is 7.41. The maximum absolute atomic E-state index is 15.1. The molecule has 0 radical (unpaired) electrons. The molecule has 4 aromatic rings. The summed E-state index contributed by atoms with van der Waals surface area (Å²) in [6.07, 6.45) is 5.87. The van der Waals surface area contributed by atoms with Crippen LogP contribution >= 0.6 is 11.6 Å². The molecule has 0 spiro atoms. The number of hydrazine groups is 2. The van der Waals surface area contributed by atoms with Crippen molar-refractivity contribution < 1.29 is 10.2 Å². The van der Waals surface area contributed by atoms with Crippen molar-refractivity contribution in [1.29, 1.82) is 5.26 Å². The van der Waals surface area contributed by atoms with Crippen LogP contribution in [0.25, 0.3) is 10.9 Å². The van der Waals surface area contributed by atoms with Crippen LogP contribution in [-0.4, -0.2) is 21.0 Å². The molecule has 1 saturated carbocycles. The lowest BCUT2D eigenvalue weighted by atomic mass is 10.0.